The smallest absolute Gasteiger partial charge is 0.356 e. The highest BCUT2D eigenvalue weighted by Crippen LogP contribution is 2.52. The van der Waals surface area contributed by atoms with E-state index in [1.165, 1.54) is 17.0 Å². The second-order valence-electron chi connectivity index (χ2n) is 9.69. The van der Waals surface area contributed by atoms with E-state index in [0.29, 0.717) is 5.56 Å². The summed E-state index contributed by atoms with van der Waals surface area (Å²) in [5.41, 5.74) is 2.94. The number of hydrogen-bond donors (Lipinski definition) is 1. The molecule has 1 fully saturated rings. The van der Waals surface area contributed by atoms with Gasteiger partial charge in [-0.25, -0.2) is 9.78 Å². The number of carbonyl (C=O) groups is 2. The first kappa shape index (κ1) is 25.8. The van der Waals surface area contributed by atoms with Gasteiger partial charge >= 0.3 is 5.97 Å². The van der Waals surface area contributed by atoms with Crippen LogP contribution in [0.5, 0.6) is 0 Å². The van der Waals surface area contributed by atoms with Gasteiger partial charge in [0.05, 0.1) is 28.7 Å². The number of aliphatic hydroxyl groups is 1. The van der Waals surface area contributed by atoms with Gasteiger partial charge in [0.1, 0.15) is 12.3 Å². The zero-order chi connectivity index (χ0) is 26.6. The zero-order valence-corrected chi connectivity index (χ0v) is 22.5. The number of imidazole rings is 1. The van der Waals surface area contributed by atoms with Gasteiger partial charge in [-0.3, -0.25) is 14.9 Å². The SMILES string of the molecule is Cc1nc2n(c1C)CC(SC1=C(C(=O)OCc3ccc([N+](=O)[O-])cc3)N3C(=O)[C@H]([C@@H](C)O)[C@H]3[C@H]1C)CS2. The van der Waals surface area contributed by atoms with Crippen molar-refractivity contribution in [3.63, 3.8) is 0 Å². The topological polar surface area (TPSA) is 128 Å². The van der Waals surface area contributed by atoms with Crippen LogP contribution in [-0.2, 0) is 27.5 Å². The molecule has 12 heteroatoms. The van der Waals surface area contributed by atoms with Gasteiger partial charge in [-0.1, -0.05) is 18.7 Å². The number of nitrogens with zero attached hydrogens (tertiary/aromatic N) is 4. The normalized spacial score (nSPS) is 25.4. The molecule has 0 radical (unpaired) electrons. The number of aliphatic hydroxyl groups excluding tert-OH is 1. The number of amides is 1. The number of rotatable bonds is 7. The Labute approximate surface area is 222 Å². The van der Waals surface area contributed by atoms with Crippen molar-refractivity contribution in [2.75, 3.05) is 5.75 Å². The summed E-state index contributed by atoms with van der Waals surface area (Å²) >= 11 is 3.29. The molecule has 2 aromatic rings. The fourth-order valence-electron chi connectivity index (χ4n) is 5.22. The van der Waals surface area contributed by atoms with Gasteiger partial charge in [0, 0.05) is 46.2 Å². The molecule has 1 saturated heterocycles. The summed E-state index contributed by atoms with van der Waals surface area (Å²) in [5.74, 6) is -0.740. The number of ether oxygens (including phenoxy) is 1. The molecule has 1 N–H and O–H groups in total. The predicted molar refractivity (Wildman–Crippen MR) is 139 cm³/mol. The van der Waals surface area contributed by atoms with Crippen LogP contribution in [0.25, 0.3) is 0 Å². The van der Waals surface area contributed by atoms with E-state index in [9.17, 15) is 24.8 Å². The third kappa shape index (κ3) is 4.44. The molecule has 0 bridgehead atoms. The lowest BCUT2D eigenvalue weighted by molar-refractivity contribution is -0.384. The number of thioether (sulfide) groups is 2. The Morgan fingerprint density at radius 1 is 1.35 bits per heavy atom. The Balaban J connectivity index is 1.39. The first-order chi connectivity index (χ1) is 17.6. The van der Waals surface area contributed by atoms with E-state index in [4.69, 9.17) is 4.74 Å². The summed E-state index contributed by atoms with van der Waals surface area (Å²) in [6, 6.07) is 5.51. The Kier molecular flexibility index (Phi) is 6.84. The molecule has 5 rings (SSSR count). The van der Waals surface area contributed by atoms with E-state index in [1.54, 1.807) is 42.6 Å². The molecule has 37 heavy (non-hydrogen) atoms. The van der Waals surface area contributed by atoms with Crippen LogP contribution in [0.2, 0.25) is 0 Å². The molecule has 1 amide bonds. The lowest BCUT2D eigenvalue weighted by Crippen LogP contribution is -2.63. The van der Waals surface area contributed by atoms with Crippen LogP contribution in [0, 0.1) is 35.8 Å². The lowest BCUT2D eigenvalue weighted by Gasteiger charge is -2.46. The van der Waals surface area contributed by atoms with Gasteiger partial charge < -0.3 is 19.3 Å². The molecular formula is C25H28N4O6S2. The van der Waals surface area contributed by atoms with Crippen molar-refractivity contribution in [3.8, 4) is 0 Å². The monoisotopic (exact) mass is 544 g/mol. The Hall–Kier alpha value is -2.83. The van der Waals surface area contributed by atoms with E-state index in [0.717, 1.165) is 33.7 Å². The first-order valence-electron chi connectivity index (χ1n) is 12.1. The minimum absolute atomic E-state index is 0.0453. The molecule has 1 aromatic heterocycles. The average Bonchev–Trinajstić information content (AvgIpc) is 3.28. The molecule has 0 spiro atoms. The highest BCUT2D eigenvalue weighted by molar-refractivity contribution is 8.05. The number of esters is 1. The number of fused-ring (bicyclic) bond motifs is 2. The Morgan fingerprint density at radius 2 is 2.05 bits per heavy atom. The number of aromatic nitrogens is 2. The van der Waals surface area contributed by atoms with Crippen molar-refractivity contribution >= 4 is 41.1 Å². The number of nitro benzene ring substituents is 1. The van der Waals surface area contributed by atoms with Crippen LogP contribution in [0.4, 0.5) is 5.69 Å². The molecule has 3 aliphatic heterocycles. The maximum atomic E-state index is 13.4. The van der Waals surface area contributed by atoms with Crippen molar-refractivity contribution in [1.82, 2.24) is 14.5 Å². The van der Waals surface area contributed by atoms with Crippen LogP contribution < -0.4 is 0 Å². The van der Waals surface area contributed by atoms with E-state index in [2.05, 4.69) is 16.5 Å². The largest absolute Gasteiger partial charge is 0.456 e. The van der Waals surface area contributed by atoms with Crippen molar-refractivity contribution in [3.05, 3.63) is 61.9 Å². The third-order valence-electron chi connectivity index (χ3n) is 7.32. The second kappa shape index (κ2) is 9.80. The van der Waals surface area contributed by atoms with Gasteiger partial charge in [-0.15, -0.1) is 11.8 Å². The molecule has 3 aliphatic rings. The third-order valence-corrected chi connectivity index (χ3v) is 10.1. The molecule has 1 aromatic carbocycles. The summed E-state index contributed by atoms with van der Waals surface area (Å²) in [6.07, 6.45) is -0.817. The number of carbonyl (C=O) groups excluding carboxylic acids is 2. The number of β-lactam (4-membered cyclic amide) rings is 1. The van der Waals surface area contributed by atoms with Crippen molar-refractivity contribution in [2.24, 2.45) is 11.8 Å². The molecule has 0 aliphatic carbocycles. The number of aryl methyl sites for hydroxylation is 1. The van der Waals surface area contributed by atoms with E-state index >= 15 is 0 Å². The summed E-state index contributed by atoms with van der Waals surface area (Å²) in [4.78, 5) is 43.7. The number of benzene rings is 1. The minimum Gasteiger partial charge on any atom is -0.456 e. The average molecular weight is 545 g/mol. The van der Waals surface area contributed by atoms with Crippen molar-refractivity contribution < 1.29 is 24.4 Å². The lowest BCUT2D eigenvalue weighted by atomic mass is 9.79. The minimum atomic E-state index is -0.817. The second-order valence-corrected chi connectivity index (χ2v) is 12.0. The molecule has 196 valence electrons. The molecule has 1 unspecified atom stereocenters. The maximum absolute atomic E-state index is 13.4. The summed E-state index contributed by atoms with van der Waals surface area (Å²) in [7, 11) is 0. The zero-order valence-electron chi connectivity index (χ0n) is 20.9. The standard InChI is InChI=1S/C25H28N4O6S2/c1-12-20-19(15(4)30)23(31)28(20)21(24(32)35-10-16-5-7-17(8-6-16)29(33)34)22(12)37-18-9-27-14(3)13(2)26-25(27)36-11-18/h5-8,12,15,18-20,30H,9-11H2,1-4H3/t12-,15-,18?,19-,20-/m1/s1. The molecule has 0 saturated carbocycles. The van der Waals surface area contributed by atoms with Gasteiger partial charge in [0.25, 0.3) is 5.69 Å². The number of nitro groups is 1. The molecule has 10 nitrogen and oxygen atoms in total. The Morgan fingerprint density at radius 3 is 2.70 bits per heavy atom. The Bertz CT molecular complexity index is 1300. The summed E-state index contributed by atoms with van der Waals surface area (Å²) in [6.45, 7) is 8.32. The quantitative estimate of drug-likeness (QED) is 0.241. The maximum Gasteiger partial charge on any atom is 0.356 e. The van der Waals surface area contributed by atoms with Crippen molar-refractivity contribution in [2.45, 2.75) is 63.4 Å². The molecule has 5 atom stereocenters. The van der Waals surface area contributed by atoms with Gasteiger partial charge in [-0.05, 0) is 38.5 Å². The van der Waals surface area contributed by atoms with Gasteiger partial charge in [0.2, 0.25) is 5.91 Å². The van der Waals surface area contributed by atoms with Crippen LogP contribution >= 0.6 is 23.5 Å². The van der Waals surface area contributed by atoms with E-state index in [1.807, 2.05) is 13.8 Å². The summed E-state index contributed by atoms with van der Waals surface area (Å²) in [5, 5.41) is 22.3. The van der Waals surface area contributed by atoms with Gasteiger partial charge in [0.15, 0.2) is 5.16 Å². The fourth-order valence-corrected chi connectivity index (χ4v) is 7.94. The van der Waals surface area contributed by atoms with Crippen molar-refractivity contribution in [1.29, 1.82) is 0 Å². The molecule has 4 heterocycles. The van der Waals surface area contributed by atoms with E-state index < -0.39 is 22.9 Å². The van der Waals surface area contributed by atoms with Crippen LogP contribution in [0.1, 0.15) is 30.8 Å². The predicted octanol–water partition coefficient (Wildman–Crippen LogP) is 3.43. The van der Waals surface area contributed by atoms with Crippen LogP contribution in [0.3, 0.4) is 0 Å². The molecular weight excluding hydrogens is 516 g/mol. The van der Waals surface area contributed by atoms with Crippen LogP contribution in [-0.4, -0.2) is 59.5 Å². The first-order valence-corrected chi connectivity index (χ1v) is 13.9. The fraction of sp³-hybridized carbons (Fsp3) is 0.480. The highest BCUT2D eigenvalue weighted by Gasteiger charge is 2.60. The number of non-ortho nitro benzene ring substituents is 1. The van der Waals surface area contributed by atoms with E-state index in [-0.39, 0.29) is 41.1 Å². The van der Waals surface area contributed by atoms with Crippen LogP contribution in [0.15, 0.2) is 40.0 Å². The highest BCUT2D eigenvalue weighted by atomic mass is 32.2. The summed E-state index contributed by atoms with van der Waals surface area (Å²) < 4.78 is 7.80. The number of hydrogen-bond acceptors (Lipinski definition) is 9. The van der Waals surface area contributed by atoms with Gasteiger partial charge in [-0.2, -0.15) is 0 Å².